The smallest absolute Gasteiger partial charge is 0.462 e. The van der Waals surface area contributed by atoms with Gasteiger partial charge in [0.1, 0.15) is 19.3 Å². The number of hydrogen-bond acceptors (Lipinski definition) is 15. The van der Waals surface area contributed by atoms with Crippen molar-refractivity contribution in [1.82, 2.24) is 0 Å². The second-order valence-electron chi connectivity index (χ2n) is 28.5. The van der Waals surface area contributed by atoms with E-state index in [1.54, 1.807) is 0 Å². The molecule has 7 atom stereocenters. The Kier molecular flexibility index (Phi) is 63.1. The molecule has 0 rings (SSSR count). The largest absolute Gasteiger partial charge is 0.472 e. The van der Waals surface area contributed by atoms with Gasteiger partial charge in [0.05, 0.1) is 26.4 Å². The van der Waals surface area contributed by atoms with Crippen LogP contribution in [0.15, 0.2) is 0 Å². The molecule has 19 heteroatoms. The fraction of sp³-hybridized carbons (Fsp3) is 0.947. The minimum atomic E-state index is -4.96. The maximum Gasteiger partial charge on any atom is 0.472 e. The van der Waals surface area contributed by atoms with Gasteiger partial charge < -0.3 is 33.8 Å². The molecule has 0 spiro atoms. The zero-order valence-corrected chi connectivity index (χ0v) is 63.4. The van der Waals surface area contributed by atoms with Gasteiger partial charge in [-0.25, -0.2) is 9.13 Å². The number of phosphoric acid groups is 2. The van der Waals surface area contributed by atoms with E-state index in [0.717, 1.165) is 108 Å². The number of esters is 4. The first-order chi connectivity index (χ1) is 45.2. The van der Waals surface area contributed by atoms with Crippen molar-refractivity contribution >= 4 is 39.5 Å². The number of aliphatic hydroxyl groups excluding tert-OH is 1. The van der Waals surface area contributed by atoms with Gasteiger partial charge in [0.15, 0.2) is 12.2 Å². The lowest BCUT2D eigenvalue weighted by molar-refractivity contribution is -0.161. The standard InChI is InChI=1S/C75H146O17P2/c1-9-67(7)53-45-37-27-23-19-15-11-13-17-21-25-29-39-47-55-72(77)85-61-70(91-74(79)57-49-41-30-26-22-18-14-12-16-20-24-28-38-46-54-68(8)10-2)63-89-93(81,82)87-59-69(76)60-88-94(83,84)90-64-71(92-75(80)58-50-42-34-32-36-44-52-66(5)6)62-86-73(78)56-48-40-33-31-35-43-51-65(3)4/h65-71,76H,9-64H2,1-8H3,(H,81,82)(H,83,84)/t67?,68?,69-,70-,71-/m1/s1. The summed E-state index contributed by atoms with van der Waals surface area (Å²) in [6, 6.07) is 0. The van der Waals surface area contributed by atoms with Gasteiger partial charge in [0.25, 0.3) is 0 Å². The summed E-state index contributed by atoms with van der Waals surface area (Å²) in [4.78, 5) is 72.6. The average molecular weight is 1380 g/mol. The molecule has 0 fully saturated rings. The number of carbonyl (C=O) groups is 4. The third-order valence-corrected chi connectivity index (χ3v) is 19.9. The van der Waals surface area contributed by atoms with Crippen LogP contribution in [0.1, 0.15) is 376 Å². The van der Waals surface area contributed by atoms with Crippen molar-refractivity contribution in [2.24, 2.45) is 23.7 Å². The number of aliphatic hydroxyl groups is 1. The Morgan fingerprint density at radius 2 is 0.511 bits per heavy atom. The molecule has 0 aliphatic rings. The first-order valence-electron chi connectivity index (χ1n) is 38.8. The third-order valence-electron chi connectivity index (χ3n) is 18.0. The van der Waals surface area contributed by atoms with Gasteiger partial charge in [0.2, 0.25) is 0 Å². The van der Waals surface area contributed by atoms with Crippen molar-refractivity contribution in [2.75, 3.05) is 39.6 Å². The Hall–Kier alpha value is -1.94. The fourth-order valence-electron chi connectivity index (χ4n) is 11.3. The van der Waals surface area contributed by atoms with Crippen molar-refractivity contribution in [1.29, 1.82) is 0 Å². The number of unbranched alkanes of at least 4 members (excludes halogenated alkanes) is 36. The Balaban J connectivity index is 5.21. The van der Waals surface area contributed by atoms with Crippen LogP contribution >= 0.6 is 15.6 Å². The summed E-state index contributed by atoms with van der Waals surface area (Å²) in [6.07, 6.45) is 48.9. The molecule has 0 saturated carbocycles. The summed E-state index contributed by atoms with van der Waals surface area (Å²) in [7, 11) is -9.91. The summed E-state index contributed by atoms with van der Waals surface area (Å²) in [5.41, 5.74) is 0. The molecule has 0 bridgehead atoms. The molecule has 0 amide bonds. The molecule has 0 saturated heterocycles. The lowest BCUT2D eigenvalue weighted by Gasteiger charge is -2.21. The summed E-state index contributed by atoms with van der Waals surface area (Å²) < 4.78 is 68.4. The van der Waals surface area contributed by atoms with E-state index in [-0.39, 0.29) is 25.7 Å². The molecular formula is C75H146O17P2. The van der Waals surface area contributed by atoms with Crippen LogP contribution in [0.3, 0.4) is 0 Å². The molecule has 0 aliphatic heterocycles. The normalized spacial score (nSPS) is 14.7. The van der Waals surface area contributed by atoms with E-state index in [9.17, 15) is 43.2 Å². The Bertz CT molecular complexity index is 1850. The SMILES string of the molecule is CCC(C)CCCCCCCCCCCCCCCCC(=O)OC[C@H](COP(=O)(O)OC[C@@H](O)COP(=O)(O)OC[C@@H](COC(=O)CCCCCCCCC(C)C)OC(=O)CCCCCCCCC(C)C)OC(=O)CCCCCCCCCCCCCCCCC(C)CC. The van der Waals surface area contributed by atoms with Gasteiger partial charge in [-0.3, -0.25) is 37.3 Å². The van der Waals surface area contributed by atoms with Crippen molar-refractivity contribution in [3.05, 3.63) is 0 Å². The number of carbonyl (C=O) groups excluding carboxylic acids is 4. The minimum absolute atomic E-state index is 0.101. The van der Waals surface area contributed by atoms with Crippen LogP contribution in [0.4, 0.5) is 0 Å². The van der Waals surface area contributed by atoms with Gasteiger partial charge in [-0.05, 0) is 49.4 Å². The van der Waals surface area contributed by atoms with Crippen molar-refractivity contribution in [2.45, 2.75) is 395 Å². The number of phosphoric ester groups is 2. The van der Waals surface area contributed by atoms with Gasteiger partial charge >= 0.3 is 39.5 Å². The molecule has 0 aliphatic carbocycles. The predicted octanol–water partition coefficient (Wildman–Crippen LogP) is 21.7. The van der Waals surface area contributed by atoms with E-state index < -0.39 is 97.5 Å². The first-order valence-corrected chi connectivity index (χ1v) is 41.8. The monoisotopic (exact) mass is 1380 g/mol. The van der Waals surface area contributed by atoms with Crippen LogP contribution in [0.25, 0.3) is 0 Å². The van der Waals surface area contributed by atoms with Crippen LogP contribution in [-0.2, 0) is 65.4 Å². The highest BCUT2D eigenvalue weighted by molar-refractivity contribution is 7.47. The lowest BCUT2D eigenvalue weighted by atomic mass is 9.99. The molecule has 3 N–H and O–H groups in total. The van der Waals surface area contributed by atoms with E-state index >= 15 is 0 Å². The van der Waals surface area contributed by atoms with Gasteiger partial charge in [0, 0.05) is 25.7 Å². The molecular weight excluding hydrogens is 1230 g/mol. The number of rotatable bonds is 72. The van der Waals surface area contributed by atoms with Crippen LogP contribution in [-0.4, -0.2) is 96.7 Å². The molecule has 558 valence electrons. The molecule has 94 heavy (non-hydrogen) atoms. The Labute approximate surface area is 575 Å². The lowest BCUT2D eigenvalue weighted by Crippen LogP contribution is -2.30. The van der Waals surface area contributed by atoms with Crippen molar-refractivity contribution in [3.8, 4) is 0 Å². The van der Waals surface area contributed by atoms with E-state index in [2.05, 4.69) is 55.4 Å². The number of hydrogen-bond donors (Lipinski definition) is 3. The zero-order chi connectivity index (χ0) is 69.6. The Morgan fingerprint density at radius 3 is 0.755 bits per heavy atom. The summed E-state index contributed by atoms with van der Waals surface area (Å²) in [6.45, 7) is 14.1. The highest BCUT2D eigenvalue weighted by Gasteiger charge is 2.30. The minimum Gasteiger partial charge on any atom is -0.462 e. The van der Waals surface area contributed by atoms with Crippen molar-refractivity contribution < 1.29 is 80.2 Å². The number of ether oxygens (including phenoxy) is 4. The van der Waals surface area contributed by atoms with E-state index in [4.69, 9.17) is 37.0 Å². The van der Waals surface area contributed by atoms with E-state index in [0.29, 0.717) is 37.5 Å². The summed E-state index contributed by atoms with van der Waals surface area (Å²) in [5, 5.41) is 10.6. The second kappa shape index (κ2) is 64.4. The summed E-state index contributed by atoms with van der Waals surface area (Å²) in [5.74, 6) is 0.916. The molecule has 0 aromatic carbocycles. The highest BCUT2D eigenvalue weighted by Crippen LogP contribution is 2.45. The van der Waals surface area contributed by atoms with Crippen LogP contribution in [0, 0.1) is 23.7 Å². The maximum absolute atomic E-state index is 13.1. The van der Waals surface area contributed by atoms with Crippen LogP contribution in [0.5, 0.6) is 0 Å². The average Bonchev–Trinajstić information content (AvgIpc) is 1.15. The van der Waals surface area contributed by atoms with E-state index in [1.165, 1.54) is 173 Å². The molecule has 0 heterocycles. The van der Waals surface area contributed by atoms with Crippen LogP contribution in [0.2, 0.25) is 0 Å². The topological polar surface area (TPSA) is 237 Å². The molecule has 0 aromatic rings. The van der Waals surface area contributed by atoms with Gasteiger partial charge in [-0.2, -0.15) is 0 Å². The molecule has 4 unspecified atom stereocenters. The molecule has 17 nitrogen and oxygen atoms in total. The third kappa shape index (κ3) is 66.0. The Morgan fingerprint density at radius 1 is 0.298 bits per heavy atom. The van der Waals surface area contributed by atoms with Gasteiger partial charge in [-0.1, -0.05) is 325 Å². The quantitative estimate of drug-likeness (QED) is 0.0222. The van der Waals surface area contributed by atoms with Crippen molar-refractivity contribution in [3.63, 3.8) is 0 Å². The van der Waals surface area contributed by atoms with E-state index in [1.807, 2.05) is 0 Å². The predicted molar refractivity (Wildman–Crippen MR) is 381 cm³/mol. The summed E-state index contributed by atoms with van der Waals surface area (Å²) >= 11 is 0. The first kappa shape index (κ1) is 92.1. The van der Waals surface area contributed by atoms with Crippen LogP contribution < -0.4 is 0 Å². The molecule has 0 aromatic heterocycles. The van der Waals surface area contributed by atoms with Gasteiger partial charge in [-0.15, -0.1) is 0 Å². The fourth-order valence-corrected chi connectivity index (χ4v) is 12.9. The highest BCUT2D eigenvalue weighted by atomic mass is 31.2. The maximum atomic E-state index is 13.1. The molecule has 0 radical (unpaired) electrons. The second-order valence-corrected chi connectivity index (χ2v) is 31.4. The zero-order valence-electron chi connectivity index (χ0n) is 61.6.